The summed E-state index contributed by atoms with van der Waals surface area (Å²) < 4.78 is 0. The van der Waals surface area contributed by atoms with Crippen molar-refractivity contribution in [1.29, 1.82) is 0 Å². The molecule has 1 aliphatic rings. The molecule has 1 saturated heterocycles. The molecule has 1 aromatic carbocycles. The molecular formula is C18H26N2O3. The summed E-state index contributed by atoms with van der Waals surface area (Å²) in [6, 6.07) is 8.11. The number of likely N-dealkylation sites (tertiary alicyclic amines) is 1. The third kappa shape index (κ3) is 4.24. The van der Waals surface area contributed by atoms with Gasteiger partial charge in [0.1, 0.15) is 0 Å². The van der Waals surface area contributed by atoms with Gasteiger partial charge in [-0.25, -0.2) is 4.79 Å². The molecule has 2 rings (SSSR count). The molecule has 1 fully saturated rings. The first-order valence-electron chi connectivity index (χ1n) is 8.18. The maximum Gasteiger partial charge on any atom is 0.317 e. The Kier molecular flexibility index (Phi) is 5.29. The minimum Gasteiger partial charge on any atom is -0.481 e. The molecule has 5 heteroatoms. The van der Waals surface area contributed by atoms with Gasteiger partial charge in [-0.15, -0.1) is 0 Å². The Labute approximate surface area is 137 Å². The van der Waals surface area contributed by atoms with Crippen molar-refractivity contribution in [1.82, 2.24) is 10.2 Å². The van der Waals surface area contributed by atoms with E-state index in [1.165, 1.54) is 5.56 Å². The van der Waals surface area contributed by atoms with E-state index in [9.17, 15) is 9.59 Å². The molecule has 1 heterocycles. The van der Waals surface area contributed by atoms with Crippen LogP contribution in [0.5, 0.6) is 0 Å². The van der Waals surface area contributed by atoms with E-state index in [0.29, 0.717) is 26.1 Å². The van der Waals surface area contributed by atoms with E-state index in [0.717, 1.165) is 12.0 Å². The van der Waals surface area contributed by atoms with Crippen molar-refractivity contribution in [3.05, 3.63) is 35.4 Å². The largest absolute Gasteiger partial charge is 0.481 e. The van der Waals surface area contributed by atoms with Gasteiger partial charge < -0.3 is 15.3 Å². The van der Waals surface area contributed by atoms with Gasteiger partial charge in [-0.05, 0) is 29.4 Å². The maximum atomic E-state index is 12.1. The first-order chi connectivity index (χ1) is 10.8. The van der Waals surface area contributed by atoms with E-state index in [-0.39, 0.29) is 11.4 Å². The molecule has 23 heavy (non-hydrogen) atoms. The van der Waals surface area contributed by atoms with Crippen LogP contribution in [0, 0.1) is 5.92 Å². The normalized spacial score (nSPS) is 18.0. The highest BCUT2D eigenvalue weighted by Crippen LogP contribution is 2.26. The zero-order chi connectivity index (χ0) is 17.0. The Bertz CT molecular complexity index is 566. The molecule has 2 N–H and O–H groups in total. The van der Waals surface area contributed by atoms with Gasteiger partial charge >= 0.3 is 12.0 Å². The van der Waals surface area contributed by atoms with Gasteiger partial charge in [0.25, 0.3) is 0 Å². The molecule has 1 aliphatic heterocycles. The van der Waals surface area contributed by atoms with Crippen molar-refractivity contribution >= 4 is 12.0 Å². The van der Waals surface area contributed by atoms with Crippen molar-refractivity contribution in [2.24, 2.45) is 5.92 Å². The number of rotatable bonds is 5. The number of amides is 2. The highest BCUT2D eigenvalue weighted by atomic mass is 16.4. The minimum absolute atomic E-state index is 0.156. The highest BCUT2D eigenvalue weighted by molar-refractivity contribution is 5.77. The molecule has 0 bridgehead atoms. The van der Waals surface area contributed by atoms with Crippen LogP contribution in [0.25, 0.3) is 0 Å². The molecule has 0 aromatic heterocycles. The van der Waals surface area contributed by atoms with Gasteiger partial charge in [0, 0.05) is 19.6 Å². The van der Waals surface area contributed by atoms with Crippen LogP contribution in [-0.4, -0.2) is 35.1 Å². The fourth-order valence-corrected chi connectivity index (χ4v) is 2.71. The summed E-state index contributed by atoms with van der Waals surface area (Å²) in [6.07, 6.45) is 1.60. The number of nitrogens with one attached hydrogen (secondary N) is 1. The third-order valence-corrected chi connectivity index (χ3v) is 4.89. The lowest BCUT2D eigenvalue weighted by molar-refractivity contribution is -0.141. The Morgan fingerprint density at radius 2 is 1.96 bits per heavy atom. The average molecular weight is 318 g/mol. The van der Waals surface area contributed by atoms with Crippen molar-refractivity contribution in [2.45, 2.75) is 45.6 Å². The second kappa shape index (κ2) is 7.02. The van der Waals surface area contributed by atoms with Crippen LogP contribution in [-0.2, 0) is 16.8 Å². The van der Waals surface area contributed by atoms with Gasteiger partial charge in [-0.2, -0.15) is 0 Å². The smallest absolute Gasteiger partial charge is 0.317 e. The SMILES string of the molecule is CCC(C)(C)c1ccc(CNC(=O)N2CCC(C(=O)O)C2)cc1. The molecule has 2 amide bonds. The standard InChI is InChI=1S/C18H26N2O3/c1-4-18(2,3)15-7-5-13(6-8-15)11-19-17(23)20-10-9-14(12-20)16(21)22/h5-8,14H,4,9-12H2,1-3H3,(H,19,23)(H,21,22). The maximum absolute atomic E-state index is 12.1. The van der Waals surface area contributed by atoms with Crippen molar-refractivity contribution in [3.63, 3.8) is 0 Å². The van der Waals surface area contributed by atoms with E-state index in [1.54, 1.807) is 4.90 Å². The number of carboxylic acids is 1. The summed E-state index contributed by atoms with van der Waals surface area (Å²) in [5, 5.41) is 11.8. The lowest BCUT2D eigenvalue weighted by Crippen LogP contribution is -2.38. The van der Waals surface area contributed by atoms with Gasteiger partial charge in [0.05, 0.1) is 5.92 Å². The summed E-state index contributed by atoms with van der Waals surface area (Å²) in [5.41, 5.74) is 2.49. The molecule has 0 saturated carbocycles. The lowest BCUT2D eigenvalue weighted by atomic mass is 9.82. The Balaban J connectivity index is 1.86. The minimum atomic E-state index is -0.825. The topological polar surface area (TPSA) is 69.6 Å². The summed E-state index contributed by atoms with van der Waals surface area (Å²) >= 11 is 0. The molecule has 0 radical (unpaired) electrons. The Hall–Kier alpha value is -2.04. The quantitative estimate of drug-likeness (QED) is 0.877. The number of hydrogen-bond donors (Lipinski definition) is 2. The van der Waals surface area contributed by atoms with Crippen molar-refractivity contribution in [3.8, 4) is 0 Å². The number of carbonyl (C=O) groups is 2. The molecule has 0 aliphatic carbocycles. The predicted molar refractivity (Wildman–Crippen MR) is 89.3 cm³/mol. The van der Waals surface area contributed by atoms with E-state index in [2.05, 4.69) is 38.2 Å². The molecule has 1 unspecified atom stereocenters. The zero-order valence-corrected chi connectivity index (χ0v) is 14.1. The highest BCUT2D eigenvalue weighted by Gasteiger charge is 2.30. The van der Waals surface area contributed by atoms with Crippen LogP contribution in [0.3, 0.4) is 0 Å². The van der Waals surface area contributed by atoms with Crippen LogP contribution in [0.1, 0.15) is 44.7 Å². The number of aliphatic carboxylic acids is 1. The lowest BCUT2D eigenvalue weighted by Gasteiger charge is -2.23. The molecule has 1 aromatic rings. The zero-order valence-electron chi connectivity index (χ0n) is 14.1. The molecule has 0 spiro atoms. The monoisotopic (exact) mass is 318 g/mol. The van der Waals surface area contributed by atoms with Crippen molar-refractivity contribution in [2.75, 3.05) is 13.1 Å². The molecule has 5 nitrogen and oxygen atoms in total. The molecule has 126 valence electrons. The Morgan fingerprint density at radius 3 is 2.48 bits per heavy atom. The van der Waals surface area contributed by atoms with Gasteiger partial charge in [0.15, 0.2) is 0 Å². The number of hydrogen-bond acceptors (Lipinski definition) is 2. The van der Waals surface area contributed by atoms with Gasteiger partial charge in [0.2, 0.25) is 0 Å². The van der Waals surface area contributed by atoms with Gasteiger partial charge in [-0.3, -0.25) is 4.79 Å². The average Bonchev–Trinajstić information content (AvgIpc) is 3.03. The summed E-state index contributed by atoms with van der Waals surface area (Å²) in [6.45, 7) is 7.87. The van der Waals surface area contributed by atoms with Crippen LogP contribution < -0.4 is 5.32 Å². The first kappa shape index (κ1) is 17.3. The van der Waals surface area contributed by atoms with Crippen LogP contribution in [0.2, 0.25) is 0 Å². The number of urea groups is 1. The first-order valence-corrected chi connectivity index (χ1v) is 8.18. The summed E-state index contributed by atoms with van der Waals surface area (Å²) in [7, 11) is 0. The van der Waals surface area contributed by atoms with E-state index < -0.39 is 11.9 Å². The fourth-order valence-electron chi connectivity index (χ4n) is 2.71. The van der Waals surface area contributed by atoms with E-state index in [1.807, 2.05) is 12.1 Å². The van der Waals surface area contributed by atoms with Crippen LogP contribution in [0.15, 0.2) is 24.3 Å². The number of carboxylic acid groups (broad SMARTS) is 1. The Morgan fingerprint density at radius 1 is 1.30 bits per heavy atom. The molecule has 1 atom stereocenters. The summed E-state index contributed by atoms with van der Waals surface area (Å²) in [4.78, 5) is 24.6. The van der Waals surface area contributed by atoms with Crippen molar-refractivity contribution < 1.29 is 14.7 Å². The van der Waals surface area contributed by atoms with E-state index >= 15 is 0 Å². The fraction of sp³-hybridized carbons (Fsp3) is 0.556. The second-order valence-electron chi connectivity index (χ2n) is 6.86. The third-order valence-electron chi connectivity index (χ3n) is 4.89. The number of carbonyl (C=O) groups excluding carboxylic acids is 1. The predicted octanol–water partition coefficient (Wildman–Crippen LogP) is 2.99. The van der Waals surface area contributed by atoms with Gasteiger partial charge in [-0.1, -0.05) is 45.0 Å². The number of benzene rings is 1. The second-order valence-corrected chi connectivity index (χ2v) is 6.86. The number of nitrogens with zero attached hydrogens (tertiary/aromatic N) is 1. The molecular weight excluding hydrogens is 292 g/mol. The van der Waals surface area contributed by atoms with E-state index in [4.69, 9.17) is 5.11 Å². The van der Waals surface area contributed by atoms with Crippen LogP contribution in [0.4, 0.5) is 4.79 Å². The summed E-state index contributed by atoms with van der Waals surface area (Å²) in [5.74, 6) is -1.26. The van der Waals surface area contributed by atoms with Crippen LogP contribution >= 0.6 is 0 Å².